The van der Waals surface area contributed by atoms with Gasteiger partial charge < -0.3 is 10.0 Å². The lowest BCUT2D eigenvalue weighted by Gasteiger charge is -2.38. The first kappa shape index (κ1) is 16.6. The lowest BCUT2D eigenvalue weighted by molar-refractivity contribution is -0.139. The number of aliphatic hydroxyl groups is 1. The minimum absolute atomic E-state index is 0.0196. The predicted molar refractivity (Wildman–Crippen MR) is 87.5 cm³/mol. The quantitative estimate of drug-likeness (QED) is 0.847. The average molecular weight is 330 g/mol. The van der Waals surface area contributed by atoms with Crippen LogP contribution in [0, 0.1) is 0 Å². The molecule has 24 heavy (non-hydrogen) atoms. The van der Waals surface area contributed by atoms with Crippen LogP contribution in [0.3, 0.4) is 0 Å². The molecule has 1 aromatic rings. The Labute approximate surface area is 141 Å². The maximum absolute atomic E-state index is 12.9. The molecule has 0 aromatic heterocycles. The highest BCUT2D eigenvalue weighted by Crippen LogP contribution is 2.27. The SMILES string of the molecule is CC(C(=O)N1CCCCC1CCO)N1C(=O)c2ccccc2C1=O. The highest BCUT2D eigenvalue weighted by Gasteiger charge is 2.42. The number of rotatable bonds is 4. The van der Waals surface area contributed by atoms with E-state index in [0.717, 1.165) is 24.2 Å². The number of carbonyl (C=O) groups excluding carboxylic acids is 3. The molecule has 0 saturated carbocycles. The van der Waals surface area contributed by atoms with Gasteiger partial charge in [0, 0.05) is 19.2 Å². The first-order chi connectivity index (χ1) is 11.6. The van der Waals surface area contributed by atoms with Crippen molar-refractivity contribution in [3.8, 4) is 0 Å². The van der Waals surface area contributed by atoms with Crippen molar-refractivity contribution in [2.75, 3.05) is 13.2 Å². The first-order valence-electron chi connectivity index (χ1n) is 8.44. The van der Waals surface area contributed by atoms with Crippen molar-refractivity contribution in [3.63, 3.8) is 0 Å². The van der Waals surface area contributed by atoms with Crippen LogP contribution < -0.4 is 0 Å². The van der Waals surface area contributed by atoms with E-state index in [4.69, 9.17) is 0 Å². The van der Waals surface area contributed by atoms with Gasteiger partial charge >= 0.3 is 0 Å². The smallest absolute Gasteiger partial charge is 0.262 e. The van der Waals surface area contributed by atoms with Crippen LogP contribution in [0.5, 0.6) is 0 Å². The number of carbonyl (C=O) groups is 3. The summed E-state index contributed by atoms with van der Waals surface area (Å²) in [5.74, 6) is -1.04. The number of aliphatic hydroxyl groups excluding tert-OH is 1. The van der Waals surface area contributed by atoms with Gasteiger partial charge in [0.2, 0.25) is 5.91 Å². The summed E-state index contributed by atoms with van der Waals surface area (Å²) in [6, 6.07) is 5.79. The second-order valence-corrected chi connectivity index (χ2v) is 6.40. The number of nitrogens with zero attached hydrogens (tertiary/aromatic N) is 2. The van der Waals surface area contributed by atoms with Crippen LogP contribution in [0.15, 0.2) is 24.3 Å². The summed E-state index contributed by atoms with van der Waals surface area (Å²) in [6.07, 6.45) is 3.31. The summed E-state index contributed by atoms with van der Waals surface area (Å²) in [7, 11) is 0. The first-order valence-corrected chi connectivity index (χ1v) is 8.44. The normalized spacial score (nSPS) is 21.8. The molecule has 128 valence electrons. The van der Waals surface area contributed by atoms with E-state index in [0.29, 0.717) is 24.1 Å². The van der Waals surface area contributed by atoms with Gasteiger partial charge in [0.1, 0.15) is 6.04 Å². The van der Waals surface area contributed by atoms with E-state index in [2.05, 4.69) is 0 Å². The number of hydrogen-bond acceptors (Lipinski definition) is 4. The second-order valence-electron chi connectivity index (χ2n) is 6.40. The number of likely N-dealkylation sites (tertiary alicyclic amines) is 1. The molecule has 1 N–H and O–H groups in total. The molecule has 1 fully saturated rings. The Morgan fingerprint density at radius 1 is 1.21 bits per heavy atom. The third kappa shape index (κ3) is 2.71. The Bertz CT molecular complexity index is 636. The van der Waals surface area contributed by atoms with Crippen molar-refractivity contribution in [2.45, 2.75) is 44.7 Å². The summed E-state index contributed by atoms with van der Waals surface area (Å²) in [5.41, 5.74) is 0.709. The molecule has 0 bridgehead atoms. The van der Waals surface area contributed by atoms with Crippen LogP contribution in [-0.4, -0.2) is 57.9 Å². The van der Waals surface area contributed by atoms with Gasteiger partial charge in [-0.2, -0.15) is 0 Å². The molecule has 0 spiro atoms. The fourth-order valence-electron chi connectivity index (χ4n) is 3.65. The molecule has 1 saturated heterocycles. The Morgan fingerprint density at radius 3 is 2.42 bits per heavy atom. The number of imide groups is 1. The fourth-order valence-corrected chi connectivity index (χ4v) is 3.65. The number of amides is 3. The molecule has 3 rings (SSSR count). The van der Waals surface area contributed by atoms with Gasteiger partial charge in [-0.1, -0.05) is 12.1 Å². The van der Waals surface area contributed by atoms with Gasteiger partial charge in [0.05, 0.1) is 11.1 Å². The molecular formula is C18H22N2O4. The van der Waals surface area contributed by atoms with Gasteiger partial charge in [-0.05, 0) is 44.7 Å². The van der Waals surface area contributed by atoms with Gasteiger partial charge in [-0.15, -0.1) is 0 Å². The molecule has 3 amide bonds. The van der Waals surface area contributed by atoms with Gasteiger partial charge in [-0.25, -0.2) is 0 Å². The maximum Gasteiger partial charge on any atom is 0.262 e. The van der Waals surface area contributed by atoms with Gasteiger partial charge in [0.15, 0.2) is 0 Å². The topological polar surface area (TPSA) is 77.9 Å². The molecule has 2 aliphatic heterocycles. The summed E-state index contributed by atoms with van der Waals surface area (Å²) >= 11 is 0. The van der Waals surface area contributed by atoms with Crippen molar-refractivity contribution in [2.24, 2.45) is 0 Å². The molecular weight excluding hydrogens is 308 g/mol. The second kappa shape index (κ2) is 6.73. The Balaban J connectivity index is 1.81. The lowest BCUT2D eigenvalue weighted by atomic mass is 9.98. The molecule has 6 nitrogen and oxygen atoms in total. The number of benzene rings is 1. The van der Waals surface area contributed by atoms with E-state index in [1.807, 2.05) is 0 Å². The third-order valence-electron chi connectivity index (χ3n) is 4.94. The van der Waals surface area contributed by atoms with Crippen LogP contribution in [0.25, 0.3) is 0 Å². The molecule has 0 radical (unpaired) electrons. The average Bonchev–Trinajstić information content (AvgIpc) is 2.86. The molecule has 2 aliphatic rings. The number of fused-ring (bicyclic) bond motifs is 1. The van der Waals surface area contributed by atoms with E-state index >= 15 is 0 Å². The van der Waals surface area contributed by atoms with Crippen LogP contribution in [-0.2, 0) is 4.79 Å². The lowest BCUT2D eigenvalue weighted by Crippen LogP contribution is -2.53. The van der Waals surface area contributed by atoms with E-state index in [9.17, 15) is 19.5 Å². The van der Waals surface area contributed by atoms with Crippen molar-refractivity contribution >= 4 is 17.7 Å². The van der Waals surface area contributed by atoms with Crippen molar-refractivity contribution < 1.29 is 19.5 Å². The maximum atomic E-state index is 12.9. The molecule has 2 atom stereocenters. The Kier molecular flexibility index (Phi) is 4.66. The Morgan fingerprint density at radius 2 is 1.83 bits per heavy atom. The zero-order valence-corrected chi connectivity index (χ0v) is 13.8. The van der Waals surface area contributed by atoms with Crippen molar-refractivity contribution in [1.29, 1.82) is 0 Å². The van der Waals surface area contributed by atoms with E-state index in [-0.39, 0.29) is 18.6 Å². The van der Waals surface area contributed by atoms with E-state index in [1.54, 1.807) is 36.1 Å². The van der Waals surface area contributed by atoms with Crippen molar-refractivity contribution in [1.82, 2.24) is 9.80 Å². The summed E-state index contributed by atoms with van der Waals surface area (Å²) in [6.45, 7) is 2.24. The van der Waals surface area contributed by atoms with Crippen LogP contribution >= 0.6 is 0 Å². The predicted octanol–water partition coefficient (Wildman–Crippen LogP) is 1.43. The molecule has 1 aromatic carbocycles. The molecule has 0 aliphatic carbocycles. The van der Waals surface area contributed by atoms with Crippen molar-refractivity contribution in [3.05, 3.63) is 35.4 Å². The highest BCUT2D eigenvalue weighted by molar-refractivity contribution is 6.22. The summed E-state index contributed by atoms with van der Waals surface area (Å²) in [4.78, 5) is 40.8. The van der Waals surface area contributed by atoms with Gasteiger partial charge in [0.25, 0.3) is 11.8 Å². The fraction of sp³-hybridized carbons (Fsp3) is 0.500. The number of piperidine rings is 1. The van der Waals surface area contributed by atoms with Crippen LogP contribution in [0.4, 0.5) is 0 Å². The zero-order chi connectivity index (χ0) is 17.3. The highest BCUT2D eigenvalue weighted by atomic mass is 16.3. The number of hydrogen-bond donors (Lipinski definition) is 1. The molecule has 6 heteroatoms. The summed E-state index contributed by atoms with van der Waals surface area (Å²) in [5, 5.41) is 9.21. The standard InChI is InChI=1S/C18H22N2O4/c1-12(16(22)19-10-5-4-6-13(19)9-11-21)20-17(23)14-7-2-3-8-15(14)18(20)24/h2-3,7-8,12-13,21H,4-6,9-11H2,1H3. The minimum Gasteiger partial charge on any atom is -0.396 e. The molecule has 2 heterocycles. The van der Waals surface area contributed by atoms with E-state index in [1.165, 1.54) is 0 Å². The zero-order valence-electron chi connectivity index (χ0n) is 13.8. The van der Waals surface area contributed by atoms with Crippen LogP contribution in [0.1, 0.15) is 53.3 Å². The Hall–Kier alpha value is -2.21. The van der Waals surface area contributed by atoms with E-state index < -0.39 is 17.9 Å². The van der Waals surface area contributed by atoms with Gasteiger partial charge in [-0.3, -0.25) is 19.3 Å². The molecule has 2 unspecified atom stereocenters. The summed E-state index contributed by atoms with van der Waals surface area (Å²) < 4.78 is 0. The monoisotopic (exact) mass is 330 g/mol. The minimum atomic E-state index is -0.836. The van der Waals surface area contributed by atoms with Crippen LogP contribution in [0.2, 0.25) is 0 Å². The largest absolute Gasteiger partial charge is 0.396 e. The third-order valence-corrected chi connectivity index (χ3v) is 4.94.